The number of urea groups is 1. The molecule has 0 aliphatic carbocycles. The molecule has 2 atom stereocenters. The summed E-state index contributed by atoms with van der Waals surface area (Å²) in [6, 6.07) is 6.75. The van der Waals surface area contributed by atoms with Gasteiger partial charge in [-0.25, -0.2) is 4.79 Å². The van der Waals surface area contributed by atoms with Gasteiger partial charge in [-0.15, -0.1) is 0 Å². The predicted molar refractivity (Wildman–Crippen MR) is 95.4 cm³/mol. The quantitative estimate of drug-likeness (QED) is 0.546. The van der Waals surface area contributed by atoms with Crippen LogP contribution >= 0.6 is 0 Å². The third-order valence-corrected chi connectivity index (χ3v) is 5.05. The van der Waals surface area contributed by atoms with E-state index in [4.69, 9.17) is 0 Å². The maximum atomic E-state index is 13.2. The van der Waals surface area contributed by atoms with Gasteiger partial charge in [0.1, 0.15) is 5.54 Å². The molecular formula is C20H16F6N2O3. The normalized spacial score (nSPS) is 20.7. The largest absolute Gasteiger partial charge is 0.416 e. The van der Waals surface area contributed by atoms with Gasteiger partial charge in [-0.2, -0.15) is 26.3 Å². The molecule has 2 aromatic carbocycles. The second kappa shape index (κ2) is 7.56. The first-order valence-electron chi connectivity index (χ1n) is 8.91. The van der Waals surface area contributed by atoms with Crippen molar-refractivity contribution in [1.82, 2.24) is 10.2 Å². The summed E-state index contributed by atoms with van der Waals surface area (Å²) in [6.07, 6.45) is -11.2. The van der Waals surface area contributed by atoms with Crippen molar-refractivity contribution in [3.05, 3.63) is 70.8 Å². The van der Waals surface area contributed by atoms with Crippen LogP contribution in [0.15, 0.2) is 48.5 Å². The van der Waals surface area contributed by atoms with Crippen molar-refractivity contribution in [2.75, 3.05) is 6.54 Å². The monoisotopic (exact) mass is 446 g/mol. The topological polar surface area (TPSA) is 69.6 Å². The zero-order valence-corrected chi connectivity index (χ0v) is 15.9. The predicted octanol–water partition coefficient (Wildman–Crippen LogP) is 4.22. The van der Waals surface area contributed by atoms with Crippen molar-refractivity contribution in [3.63, 3.8) is 0 Å². The molecule has 0 radical (unpaired) electrons. The Kier molecular flexibility index (Phi) is 5.51. The molecule has 3 rings (SSSR count). The van der Waals surface area contributed by atoms with Gasteiger partial charge in [-0.3, -0.25) is 9.69 Å². The lowest BCUT2D eigenvalue weighted by molar-refractivity contribution is -0.139. The number of hydrogen-bond acceptors (Lipinski definition) is 3. The van der Waals surface area contributed by atoms with E-state index in [0.29, 0.717) is 4.90 Å². The van der Waals surface area contributed by atoms with Gasteiger partial charge in [-0.1, -0.05) is 30.3 Å². The van der Waals surface area contributed by atoms with E-state index < -0.39 is 59.2 Å². The molecule has 11 heteroatoms. The number of amides is 3. The van der Waals surface area contributed by atoms with Gasteiger partial charge in [0.05, 0.1) is 23.8 Å². The fourth-order valence-corrected chi connectivity index (χ4v) is 3.37. The molecule has 0 saturated carbocycles. The van der Waals surface area contributed by atoms with E-state index in [2.05, 4.69) is 5.32 Å². The van der Waals surface area contributed by atoms with Gasteiger partial charge in [0, 0.05) is 0 Å². The van der Waals surface area contributed by atoms with Crippen LogP contribution in [-0.4, -0.2) is 28.5 Å². The Labute approximate surface area is 172 Å². The number of nitrogens with zero attached hydrogens (tertiary/aromatic N) is 1. The summed E-state index contributed by atoms with van der Waals surface area (Å²) in [5.41, 5.74) is -4.28. The average molecular weight is 446 g/mol. The maximum Gasteiger partial charge on any atom is 0.416 e. The Morgan fingerprint density at radius 3 is 2.10 bits per heavy atom. The van der Waals surface area contributed by atoms with E-state index in [-0.39, 0.29) is 5.56 Å². The zero-order valence-electron chi connectivity index (χ0n) is 15.9. The van der Waals surface area contributed by atoms with Crippen LogP contribution in [0.25, 0.3) is 0 Å². The minimum Gasteiger partial charge on any atom is -0.387 e. The minimum atomic E-state index is -4.76. The van der Waals surface area contributed by atoms with Crippen LogP contribution in [-0.2, 0) is 22.7 Å². The number of nitrogens with one attached hydrogen (secondary N) is 1. The highest BCUT2D eigenvalue weighted by Gasteiger charge is 2.50. The smallest absolute Gasteiger partial charge is 0.387 e. The first kappa shape index (κ1) is 22.6. The van der Waals surface area contributed by atoms with Gasteiger partial charge >= 0.3 is 18.4 Å². The SMILES string of the molecule is C[C@]1(c2ccc(C(F)(F)F)cc2)NC(=O)N(C[C@H](O)c2ccccc2C(F)(F)F)C1=O. The minimum absolute atomic E-state index is 0.0477. The van der Waals surface area contributed by atoms with Crippen molar-refractivity contribution in [1.29, 1.82) is 0 Å². The number of alkyl halides is 6. The van der Waals surface area contributed by atoms with Crippen LogP contribution in [0.1, 0.15) is 35.3 Å². The summed E-state index contributed by atoms with van der Waals surface area (Å²) in [6.45, 7) is 0.486. The molecule has 5 nitrogen and oxygen atoms in total. The summed E-state index contributed by atoms with van der Waals surface area (Å²) in [4.78, 5) is 25.7. The highest BCUT2D eigenvalue weighted by molar-refractivity contribution is 6.07. The maximum absolute atomic E-state index is 13.2. The number of benzene rings is 2. The van der Waals surface area contributed by atoms with Crippen molar-refractivity contribution >= 4 is 11.9 Å². The highest BCUT2D eigenvalue weighted by atomic mass is 19.4. The summed E-state index contributed by atoms with van der Waals surface area (Å²) in [7, 11) is 0. The molecule has 2 N–H and O–H groups in total. The molecule has 1 fully saturated rings. The molecule has 1 aliphatic rings. The number of β-amino-alcohol motifs (C(OH)–C–C–N with tert-alkyl or cyclic N) is 1. The molecule has 0 spiro atoms. The molecule has 0 unspecified atom stereocenters. The first-order chi connectivity index (χ1) is 14.2. The summed E-state index contributed by atoms with van der Waals surface area (Å²) in [5, 5.41) is 12.7. The van der Waals surface area contributed by atoms with Gasteiger partial charge in [0.25, 0.3) is 5.91 Å². The van der Waals surface area contributed by atoms with Crippen molar-refractivity contribution in [2.24, 2.45) is 0 Å². The van der Waals surface area contributed by atoms with Crippen LogP contribution in [0.3, 0.4) is 0 Å². The standard InChI is InChI=1S/C20H16F6N2O3/c1-18(11-6-8-12(9-7-11)19(21,22)23)16(30)28(17(31)27-18)10-15(29)13-4-2-3-5-14(13)20(24,25)26/h2-9,15,29H,10H2,1H3,(H,27,31)/t15-,18+/m0/s1. The number of carbonyl (C=O) groups is 2. The van der Waals surface area contributed by atoms with Crippen molar-refractivity contribution in [3.8, 4) is 0 Å². The molecular weight excluding hydrogens is 430 g/mol. The lowest BCUT2D eigenvalue weighted by atomic mass is 9.91. The first-order valence-corrected chi connectivity index (χ1v) is 8.91. The Bertz CT molecular complexity index is 1000. The molecule has 0 bridgehead atoms. The van der Waals surface area contributed by atoms with Gasteiger partial charge in [0.15, 0.2) is 0 Å². The number of rotatable bonds is 4. The van der Waals surface area contributed by atoms with E-state index in [1.807, 2.05) is 0 Å². The van der Waals surface area contributed by atoms with E-state index in [9.17, 15) is 41.0 Å². The van der Waals surface area contributed by atoms with Crippen LogP contribution in [0.4, 0.5) is 31.1 Å². The molecule has 31 heavy (non-hydrogen) atoms. The highest BCUT2D eigenvalue weighted by Crippen LogP contribution is 2.37. The Morgan fingerprint density at radius 1 is 0.968 bits per heavy atom. The molecule has 1 saturated heterocycles. The van der Waals surface area contributed by atoms with E-state index in [0.717, 1.165) is 42.5 Å². The second-order valence-corrected chi connectivity index (χ2v) is 7.15. The third kappa shape index (κ3) is 4.22. The lowest BCUT2D eigenvalue weighted by Crippen LogP contribution is -2.41. The molecule has 1 heterocycles. The van der Waals surface area contributed by atoms with Crippen LogP contribution in [0.2, 0.25) is 0 Å². The number of hydrogen-bond donors (Lipinski definition) is 2. The summed E-state index contributed by atoms with van der Waals surface area (Å²) in [5.74, 6) is -0.916. The molecule has 2 aromatic rings. The van der Waals surface area contributed by atoms with Crippen molar-refractivity contribution < 1.29 is 41.0 Å². The molecule has 166 valence electrons. The van der Waals surface area contributed by atoms with Gasteiger partial charge < -0.3 is 10.4 Å². The van der Waals surface area contributed by atoms with E-state index in [1.54, 1.807) is 0 Å². The second-order valence-electron chi connectivity index (χ2n) is 7.15. The van der Waals surface area contributed by atoms with Crippen LogP contribution < -0.4 is 5.32 Å². The zero-order chi connectivity index (χ0) is 23.2. The third-order valence-electron chi connectivity index (χ3n) is 5.05. The Morgan fingerprint density at radius 2 is 1.55 bits per heavy atom. The van der Waals surface area contributed by atoms with Gasteiger partial charge in [0.2, 0.25) is 0 Å². The molecule has 3 amide bonds. The number of aliphatic hydroxyl groups is 1. The van der Waals surface area contributed by atoms with E-state index >= 15 is 0 Å². The van der Waals surface area contributed by atoms with Crippen LogP contribution in [0.5, 0.6) is 0 Å². The number of imide groups is 1. The van der Waals surface area contributed by atoms with Crippen molar-refractivity contribution in [2.45, 2.75) is 30.9 Å². The Balaban J connectivity index is 1.86. The van der Waals surface area contributed by atoms with Crippen LogP contribution in [0, 0.1) is 0 Å². The average Bonchev–Trinajstić information content (AvgIpc) is 2.90. The molecule has 1 aliphatic heterocycles. The number of halogens is 6. The summed E-state index contributed by atoms with van der Waals surface area (Å²) < 4.78 is 77.8. The fourth-order valence-electron chi connectivity index (χ4n) is 3.37. The fraction of sp³-hybridized carbons (Fsp3) is 0.300. The number of carbonyl (C=O) groups excluding carboxylic acids is 2. The Hall–Kier alpha value is -3.08. The lowest BCUT2D eigenvalue weighted by Gasteiger charge is -2.24. The number of aliphatic hydroxyl groups excluding tert-OH is 1. The molecule has 0 aromatic heterocycles. The van der Waals surface area contributed by atoms with Gasteiger partial charge in [-0.05, 0) is 36.2 Å². The summed E-state index contributed by atoms with van der Waals surface area (Å²) >= 11 is 0. The van der Waals surface area contributed by atoms with E-state index in [1.165, 1.54) is 13.0 Å².